The second-order valence-corrected chi connectivity index (χ2v) is 9.98. The molecular weight excluding hydrogens is 244 g/mol. The van der Waals surface area contributed by atoms with Crippen LogP contribution in [0.25, 0.3) is 0 Å². The lowest BCUT2D eigenvalue weighted by Gasteiger charge is -2.30. The number of oxime groups is 1. The Balaban J connectivity index is 2.54. The Bertz CT molecular complexity index is 506. The first-order valence-corrected chi connectivity index (χ1v) is 9.55. The highest BCUT2D eigenvalue weighted by molar-refractivity contribution is 6.87. The average Bonchev–Trinajstić information content (AvgIpc) is 2.58. The summed E-state index contributed by atoms with van der Waals surface area (Å²) in [4.78, 5) is 17.5. The van der Waals surface area contributed by atoms with Crippen molar-refractivity contribution in [3.63, 3.8) is 0 Å². The molecule has 1 aromatic carbocycles. The SMILES string of the molecule is CCO/N=C1\C(=O)N([Si](C)(C)C)c2ccccc21. The second kappa shape index (κ2) is 4.57. The van der Waals surface area contributed by atoms with Crippen molar-refractivity contribution in [2.24, 2.45) is 5.16 Å². The van der Waals surface area contributed by atoms with Crippen LogP contribution >= 0.6 is 0 Å². The van der Waals surface area contributed by atoms with Gasteiger partial charge in [-0.1, -0.05) is 43.0 Å². The summed E-state index contributed by atoms with van der Waals surface area (Å²) in [5.41, 5.74) is 2.26. The number of para-hydroxylation sites is 1. The van der Waals surface area contributed by atoms with E-state index in [4.69, 9.17) is 4.84 Å². The number of amides is 1. The molecule has 4 nitrogen and oxygen atoms in total. The van der Waals surface area contributed by atoms with Crippen molar-refractivity contribution in [1.82, 2.24) is 0 Å². The average molecular weight is 262 g/mol. The van der Waals surface area contributed by atoms with Gasteiger partial charge in [0.15, 0.2) is 13.9 Å². The first-order valence-electron chi connectivity index (χ1n) is 6.10. The van der Waals surface area contributed by atoms with E-state index in [0.29, 0.717) is 12.3 Å². The van der Waals surface area contributed by atoms with Gasteiger partial charge in [-0.15, -0.1) is 0 Å². The molecule has 1 amide bonds. The summed E-state index contributed by atoms with van der Waals surface area (Å²) in [7, 11) is -1.77. The third-order valence-corrected chi connectivity index (χ3v) is 4.55. The zero-order valence-corrected chi connectivity index (χ0v) is 12.2. The third kappa shape index (κ3) is 2.06. The zero-order chi connectivity index (χ0) is 13.3. The van der Waals surface area contributed by atoms with Crippen LogP contribution in [0.1, 0.15) is 12.5 Å². The largest absolute Gasteiger partial charge is 0.395 e. The molecule has 0 saturated heterocycles. The highest BCUT2D eigenvalue weighted by Crippen LogP contribution is 2.33. The molecule has 0 N–H and O–H groups in total. The molecular formula is C13H18N2O2Si. The van der Waals surface area contributed by atoms with Crippen LogP contribution in [0.4, 0.5) is 5.69 Å². The Morgan fingerprint density at radius 2 is 1.94 bits per heavy atom. The van der Waals surface area contributed by atoms with Crippen molar-refractivity contribution in [2.75, 3.05) is 11.2 Å². The zero-order valence-electron chi connectivity index (χ0n) is 11.2. The summed E-state index contributed by atoms with van der Waals surface area (Å²) in [5.74, 6) is -0.0381. The Morgan fingerprint density at radius 1 is 1.28 bits per heavy atom. The molecule has 1 heterocycles. The topological polar surface area (TPSA) is 41.9 Å². The van der Waals surface area contributed by atoms with Crippen molar-refractivity contribution < 1.29 is 9.63 Å². The molecule has 0 aliphatic carbocycles. The van der Waals surface area contributed by atoms with Gasteiger partial charge in [0.2, 0.25) is 0 Å². The summed E-state index contributed by atoms with van der Waals surface area (Å²) in [6.45, 7) is 8.75. The lowest BCUT2D eigenvalue weighted by atomic mass is 10.1. The fourth-order valence-electron chi connectivity index (χ4n) is 2.08. The van der Waals surface area contributed by atoms with Gasteiger partial charge >= 0.3 is 0 Å². The van der Waals surface area contributed by atoms with Crippen molar-refractivity contribution in [1.29, 1.82) is 0 Å². The van der Waals surface area contributed by atoms with Crippen molar-refractivity contribution in [3.05, 3.63) is 29.8 Å². The van der Waals surface area contributed by atoms with Crippen LogP contribution in [0, 0.1) is 0 Å². The molecule has 2 rings (SSSR count). The summed E-state index contributed by atoms with van der Waals surface area (Å²) in [6.07, 6.45) is 0. The van der Waals surface area contributed by atoms with Gasteiger partial charge in [0.1, 0.15) is 6.61 Å². The van der Waals surface area contributed by atoms with Crippen LogP contribution in [0.5, 0.6) is 0 Å². The van der Waals surface area contributed by atoms with E-state index in [-0.39, 0.29) is 5.91 Å². The van der Waals surface area contributed by atoms with Gasteiger partial charge in [0, 0.05) is 11.3 Å². The molecule has 0 spiro atoms. The highest BCUT2D eigenvalue weighted by atomic mass is 28.3. The first-order chi connectivity index (χ1) is 8.46. The van der Waals surface area contributed by atoms with Crippen LogP contribution in [-0.2, 0) is 9.63 Å². The maximum atomic E-state index is 12.5. The fourth-order valence-corrected chi connectivity index (χ4v) is 3.72. The van der Waals surface area contributed by atoms with Crippen LogP contribution < -0.4 is 4.57 Å². The van der Waals surface area contributed by atoms with E-state index in [9.17, 15) is 4.79 Å². The van der Waals surface area contributed by atoms with Gasteiger partial charge < -0.3 is 9.40 Å². The minimum absolute atomic E-state index is 0.0381. The second-order valence-electron chi connectivity index (χ2n) is 5.19. The first kappa shape index (κ1) is 12.8. The van der Waals surface area contributed by atoms with Crippen LogP contribution in [0.2, 0.25) is 19.6 Å². The summed E-state index contributed by atoms with van der Waals surface area (Å²) < 4.78 is 1.90. The maximum Gasteiger partial charge on any atom is 0.273 e. The third-order valence-electron chi connectivity index (χ3n) is 2.76. The normalized spacial score (nSPS) is 17.2. The van der Waals surface area contributed by atoms with Crippen molar-refractivity contribution >= 4 is 25.5 Å². The number of carbonyl (C=O) groups is 1. The molecule has 0 radical (unpaired) electrons. The van der Waals surface area contributed by atoms with E-state index < -0.39 is 8.24 Å². The minimum atomic E-state index is -1.77. The van der Waals surface area contributed by atoms with E-state index in [0.717, 1.165) is 11.3 Å². The molecule has 1 aliphatic rings. The molecule has 0 unspecified atom stereocenters. The van der Waals surface area contributed by atoms with Gasteiger partial charge in [0.25, 0.3) is 5.91 Å². The fraction of sp³-hybridized carbons (Fsp3) is 0.385. The predicted molar refractivity (Wildman–Crippen MR) is 75.4 cm³/mol. The van der Waals surface area contributed by atoms with Gasteiger partial charge in [-0.3, -0.25) is 4.79 Å². The predicted octanol–water partition coefficient (Wildman–Crippen LogP) is 2.61. The summed E-state index contributed by atoms with van der Waals surface area (Å²) in [6, 6.07) is 7.76. The number of hydrogen-bond acceptors (Lipinski definition) is 3. The summed E-state index contributed by atoms with van der Waals surface area (Å²) >= 11 is 0. The Kier molecular flexibility index (Phi) is 3.25. The monoisotopic (exact) mass is 262 g/mol. The van der Waals surface area contributed by atoms with E-state index in [1.165, 1.54) is 0 Å². The molecule has 1 aromatic rings. The Morgan fingerprint density at radius 3 is 2.56 bits per heavy atom. The number of anilines is 1. The number of carbonyl (C=O) groups excluding carboxylic acids is 1. The molecule has 0 bridgehead atoms. The Hall–Kier alpha value is -1.62. The van der Waals surface area contributed by atoms with Crippen molar-refractivity contribution in [3.8, 4) is 0 Å². The maximum absolute atomic E-state index is 12.5. The highest BCUT2D eigenvalue weighted by Gasteiger charge is 2.41. The molecule has 0 atom stereocenters. The molecule has 18 heavy (non-hydrogen) atoms. The van der Waals surface area contributed by atoms with Crippen LogP contribution in [0.3, 0.4) is 0 Å². The van der Waals surface area contributed by atoms with E-state index in [1.54, 1.807) is 0 Å². The van der Waals surface area contributed by atoms with E-state index in [1.807, 2.05) is 35.8 Å². The van der Waals surface area contributed by atoms with Crippen LogP contribution in [-0.4, -0.2) is 26.5 Å². The molecule has 0 saturated carbocycles. The molecule has 96 valence electrons. The van der Waals surface area contributed by atoms with Gasteiger partial charge in [-0.05, 0) is 13.0 Å². The van der Waals surface area contributed by atoms with Crippen molar-refractivity contribution in [2.45, 2.75) is 26.6 Å². The Labute approximate surface area is 108 Å². The minimum Gasteiger partial charge on any atom is -0.395 e. The molecule has 0 aromatic heterocycles. The van der Waals surface area contributed by atoms with Crippen LogP contribution in [0.15, 0.2) is 29.4 Å². The summed E-state index contributed by atoms with van der Waals surface area (Å²) in [5, 5.41) is 3.98. The van der Waals surface area contributed by atoms with E-state index >= 15 is 0 Å². The number of nitrogens with zero attached hydrogens (tertiary/aromatic N) is 2. The number of rotatable bonds is 3. The quantitative estimate of drug-likeness (QED) is 0.620. The molecule has 5 heteroatoms. The van der Waals surface area contributed by atoms with Gasteiger partial charge in [-0.25, -0.2) is 0 Å². The number of fused-ring (bicyclic) bond motifs is 1. The van der Waals surface area contributed by atoms with E-state index in [2.05, 4.69) is 24.8 Å². The van der Waals surface area contributed by atoms with Gasteiger partial charge in [-0.2, -0.15) is 0 Å². The lowest BCUT2D eigenvalue weighted by Crippen LogP contribution is -2.49. The standard InChI is InChI=1S/C13H18N2O2Si/c1-5-17-14-12-10-8-6-7-9-11(10)15(13(12)16)18(2,3)4/h6-9H,5H2,1-4H3/b14-12-. The lowest BCUT2D eigenvalue weighted by molar-refractivity contribution is -0.111. The molecule has 1 aliphatic heterocycles. The number of benzene rings is 1. The smallest absolute Gasteiger partial charge is 0.273 e. The number of hydrogen-bond donors (Lipinski definition) is 0. The van der Waals surface area contributed by atoms with Gasteiger partial charge in [0.05, 0.1) is 0 Å². The molecule has 0 fully saturated rings.